The second kappa shape index (κ2) is 3.59. The maximum Gasteiger partial charge on any atom is 0.118 e. The summed E-state index contributed by atoms with van der Waals surface area (Å²) in [5, 5.41) is 18.6. The van der Waals surface area contributed by atoms with Crippen molar-refractivity contribution < 1.29 is 10.2 Å². The summed E-state index contributed by atoms with van der Waals surface area (Å²) in [6.07, 6.45) is 0. The molecule has 0 saturated carbocycles. The van der Waals surface area contributed by atoms with E-state index in [1.54, 1.807) is 13.0 Å². The Kier molecular flexibility index (Phi) is 2.83. The fourth-order valence-corrected chi connectivity index (χ4v) is 1.50. The third kappa shape index (κ3) is 1.89. The minimum atomic E-state index is -0.747. The lowest BCUT2D eigenvalue weighted by Gasteiger charge is -2.25. The molecule has 1 aromatic rings. The molecule has 1 rings (SSSR count). The lowest BCUT2D eigenvalue weighted by molar-refractivity contribution is 0.209. The molecule has 0 aromatic heterocycles. The van der Waals surface area contributed by atoms with E-state index in [9.17, 15) is 5.11 Å². The van der Waals surface area contributed by atoms with E-state index >= 15 is 0 Å². The number of hydrogen-bond acceptors (Lipinski definition) is 3. The molecule has 0 aliphatic carbocycles. The summed E-state index contributed by atoms with van der Waals surface area (Å²) in [6.45, 7) is 5.34. The molecule has 0 radical (unpaired) electrons. The monoisotopic (exact) mass is 195 g/mol. The van der Waals surface area contributed by atoms with Gasteiger partial charge in [-0.05, 0) is 43.5 Å². The van der Waals surface area contributed by atoms with Crippen molar-refractivity contribution in [2.45, 2.75) is 26.3 Å². The largest absolute Gasteiger partial charge is 0.508 e. The predicted molar refractivity (Wildman–Crippen MR) is 56.2 cm³/mol. The standard InChI is InChI=1S/C11H17NO2/c1-7-5-10(14)8(2)4-9(7)11(3,12)6-13/h4-5,13-14H,6,12H2,1-3H3/t11-/m0/s1. The lowest BCUT2D eigenvalue weighted by atomic mass is 9.89. The normalized spacial score (nSPS) is 15.2. The van der Waals surface area contributed by atoms with Crippen molar-refractivity contribution >= 4 is 0 Å². The second-order valence-corrected chi connectivity index (χ2v) is 4.03. The SMILES string of the molecule is Cc1cc([C@@](C)(N)CO)c(C)cc1O. The summed E-state index contributed by atoms with van der Waals surface area (Å²) >= 11 is 0. The van der Waals surface area contributed by atoms with Crippen molar-refractivity contribution in [1.82, 2.24) is 0 Å². The number of phenols is 1. The molecule has 0 aliphatic rings. The van der Waals surface area contributed by atoms with Crippen molar-refractivity contribution in [2.24, 2.45) is 5.73 Å². The van der Waals surface area contributed by atoms with Crippen LogP contribution in [0.2, 0.25) is 0 Å². The van der Waals surface area contributed by atoms with Gasteiger partial charge in [-0.25, -0.2) is 0 Å². The van der Waals surface area contributed by atoms with Crippen LogP contribution in [0, 0.1) is 13.8 Å². The highest BCUT2D eigenvalue weighted by Gasteiger charge is 2.22. The van der Waals surface area contributed by atoms with Crippen LogP contribution in [0.4, 0.5) is 0 Å². The van der Waals surface area contributed by atoms with E-state index in [1.807, 2.05) is 19.9 Å². The third-order valence-corrected chi connectivity index (χ3v) is 2.49. The molecule has 1 aromatic carbocycles. The van der Waals surface area contributed by atoms with Crippen LogP contribution in [0.5, 0.6) is 5.75 Å². The van der Waals surface area contributed by atoms with Gasteiger partial charge < -0.3 is 15.9 Å². The van der Waals surface area contributed by atoms with Crippen molar-refractivity contribution in [3.63, 3.8) is 0 Å². The molecule has 0 bridgehead atoms. The lowest BCUT2D eigenvalue weighted by Crippen LogP contribution is -2.37. The average Bonchev–Trinajstić information content (AvgIpc) is 2.11. The second-order valence-electron chi connectivity index (χ2n) is 4.03. The van der Waals surface area contributed by atoms with Gasteiger partial charge in [-0.1, -0.05) is 6.07 Å². The quantitative estimate of drug-likeness (QED) is 0.663. The first-order valence-electron chi connectivity index (χ1n) is 4.59. The molecule has 3 nitrogen and oxygen atoms in total. The van der Waals surface area contributed by atoms with Gasteiger partial charge >= 0.3 is 0 Å². The van der Waals surface area contributed by atoms with Crippen LogP contribution < -0.4 is 5.73 Å². The molecule has 0 unspecified atom stereocenters. The van der Waals surface area contributed by atoms with Crippen LogP contribution in [0.1, 0.15) is 23.6 Å². The Morgan fingerprint density at radius 3 is 2.36 bits per heavy atom. The van der Waals surface area contributed by atoms with Crippen LogP contribution in [0.25, 0.3) is 0 Å². The summed E-state index contributed by atoms with van der Waals surface area (Å²) < 4.78 is 0. The molecular formula is C11H17NO2. The number of aromatic hydroxyl groups is 1. The van der Waals surface area contributed by atoms with E-state index in [1.165, 1.54) is 0 Å². The first-order chi connectivity index (χ1) is 6.38. The van der Waals surface area contributed by atoms with Gasteiger partial charge in [-0.2, -0.15) is 0 Å². The maximum atomic E-state index is 9.46. The Labute approximate surface area is 84.2 Å². The summed E-state index contributed by atoms with van der Waals surface area (Å²) in [4.78, 5) is 0. The van der Waals surface area contributed by atoms with Crippen LogP contribution in [-0.4, -0.2) is 16.8 Å². The fourth-order valence-electron chi connectivity index (χ4n) is 1.50. The minimum absolute atomic E-state index is 0.113. The van der Waals surface area contributed by atoms with Gasteiger partial charge in [0, 0.05) is 0 Å². The first kappa shape index (κ1) is 11.0. The van der Waals surface area contributed by atoms with Gasteiger partial charge in [0.25, 0.3) is 0 Å². The van der Waals surface area contributed by atoms with Gasteiger partial charge in [0.2, 0.25) is 0 Å². The highest BCUT2D eigenvalue weighted by Crippen LogP contribution is 2.27. The molecule has 0 spiro atoms. The molecule has 0 amide bonds. The highest BCUT2D eigenvalue weighted by atomic mass is 16.3. The summed E-state index contributed by atoms with van der Waals surface area (Å²) in [5.74, 6) is 0.264. The van der Waals surface area contributed by atoms with Crippen LogP contribution in [-0.2, 0) is 5.54 Å². The first-order valence-corrected chi connectivity index (χ1v) is 4.59. The van der Waals surface area contributed by atoms with Crippen LogP contribution in [0.3, 0.4) is 0 Å². The molecule has 3 heteroatoms. The Morgan fingerprint density at radius 2 is 1.86 bits per heavy atom. The number of aliphatic hydroxyl groups is 1. The molecule has 1 atom stereocenters. The zero-order valence-electron chi connectivity index (χ0n) is 8.83. The molecular weight excluding hydrogens is 178 g/mol. The number of aliphatic hydroxyl groups excluding tert-OH is 1. The number of nitrogens with two attached hydrogens (primary N) is 1. The molecule has 0 aliphatic heterocycles. The predicted octanol–water partition coefficient (Wildman–Crippen LogP) is 1.18. The van der Waals surface area contributed by atoms with Crippen LogP contribution >= 0.6 is 0 Å². The van der Waals surface area contributed by atoms with Gasteiger partial charge in [-0.3, -0.25) is 0 Å². The van der Waals surface area contributed by atoms with E-state index in [-0.39, 0.29) is 12.4 Å². The van der Waals surface area contributed by atoms with E-state index in [0.717, 1.165) is 16.7 Å². The van der Waals surface area contributed by atoms with E-state index in [0.29, 0.717) is 0 Å². The van der Waals surface area contributed by atoms with Crippen LogP contribution in [0.15, 0.2) is 12.1 Å². The van der Waals surface area contributed by atoms with E-state index in [4.69, 9.17) is 10.8 Å². The van der Waals surface area contributed by atoms with Crippen molar-refractivity contribution in [3.8, 4) is 5.75 Å². The van der Waals surface area contributed by atoms with Gasteiger partial charge in [0.05, 0.1) is 12.1 Å². The maximum absolute atomic E-state index is 9.46. The highest BCUT2D eigenvalue weighted by molar-refractivity contribution is 5.43. The van der Waals surface area contributed by atoms with E-state index < -0.39 is 5.54 Å². The molecule has 4 N–H and O–H groups in total. The topological polar surface area (TPSA) is 66.5 Å². The third-order valence-electron chi connectivity index (χ3n) is 2.49. The Morgan fingerprint density at radius 1 is 1.29 bits per heavy atom. The summed E-state index contributed by atoms with van der Waals surface area (Å²) in [6, 6.07) is 3.49. The molecule has 0 heterocycles. The van der Waals surface area contributed by atoms with Crippen molar-refractivity contribution in [3.05, 3.63) is 28.8 Å². The number of rotatable bonds is 2. The van der Waals surface area contributed by atoms with Crippen molar-refractivity contribution in [2.75, 3.05) is 6.61 Å². The molecule has 14 heavy (non-hydrogen) atoms. The number of phenolic OH excluding ortho intramolecular Hbond substituents is 1. The smallest absolute Gasteiger partial charge is 0.118 e. The number of hydrogen-bond donors (Lipinski definition) is 3. The summed E-state index contributed by atoms with van der Waals surface area (Å²) in [5.41, 5.74) is 7.72. The molecule has 0 saturated heterocycles. The number of aryl methyl sites for hydroxylation is 2. The zero-order valence-corrected chi connectivity index (χ0v) is 8.83. The Bertz CT molecular complexity index is 345. The molecule has 0 fully saturated rings. The molecule has 78 valence electrons. The Balaban J connectivity index is 3.29. The Hall–Kier alpha value is -1.06. The van der Waals surface area contributed by atoms with E-state index in [2.05, 4.69) is 0 Å². The van der Waals surface area contributed by atoms with Crippen molar-refractivity contribution in [1.29, 1.82) is 0 Å². The van der Waals surface area contributed by atoms with Gasteiger partial charge in [0.1, 0.15) is 5.75 Å². The minimum Gasteiger partial charge on any atom is -0.508 e. The fraction of sp³-hybridized carbons (Fsp3) is 0.455. The van der Waals surface area contributed by atoms with Gasteiger partial charge in [-0.15, -0.1) is 0 Å². The average molecular weight is 195 g/mol. The number of benzene rings is 1. The summed E-state index contributed by atoms with van der Waals surface area (Å²) in [7, 11) is 0. The van der Waals surface area contributed by atoms with Gasteiger partial charge in [0.15, 0.2) is 0 Å². The zero-order chi connectivity index (χ0) is 10.9.